The van der Waals surface area contributed by atoms with Gasteiger partial charge in [-0.25, -0.2) is 4.98 Å². The molecule has 0 aromatic carbocycles. The standard InChI is InChI=1S/C8H8N2O4S/c1-5(8(11)12)15-7-3-2-6(4-9-7)10(13)14/h2-5H,1H3,(H,11,12)/t5-/m1/s1. The molecule has 1 rings (SSSR count). The van der Waals surface area contributed by atoms with Gasteiger partial charge in [-0.1, -0.05) is 11.8 Å². The van der Waals surface area contributed by atoms with Crippen LogP contribution in [0.4, 0.5) is 5.69 Å². The van der Waals surface area contributed by atoms with Crippen molar-refractivity contribution in [2.75, 3.05) is 0 Å². The first-order chi connectivity index (χ1) is 7.00. The molecule has 1 aromatic rings. The van der Waals surface area contributed by atoms with E-state index in [0.29, 0.717) is 5.03 Å². The number of carbonyl (C=O) groups is 1. The van der Waals surface area contributed by atoms with Crippen LogP contribution in [-0.2, 0) is 4.79 Å². The summed E-state index contributed by atoms with van der Waals surface area (Å²) in [6.45, 7) is 1.52. The van der Waals surface area contributed by atoms with Gasteiger partial charge >= 0.3 is 5.97 Å². The van der Waals surface area contributed by atoms with Crippen LogP contribution in [0.15, 0.2) is 23.4 Å². The maximum atomic E-state index is 10.5. The number of nitrogens with zero attached hydrogens (tertiary/aromatic N) is 2. The second-order valence-electron chi connectivity index (χ2n) is 2.71. The number of nitro groups is 1. The number of rotatable bonds is 4. The molecule has 80 valence electrons. The van der Waals surface area contributed by atoms with Crippen LogP contribution in [0.1, 0.15) is 6.92 Å². The number of aromatic nitrogens is 1. The Morgan fingerprint density at radius 2 is 2.33 bits per heavy atom. The molecule has 0 unspecified atom stereocenters. The lowest BCUT2D eigenvalue weighted by Crippen LogP contribution is -2.11. The van der Waals surface area contributed by atoms with E-state index in [1.807, 2.05) is 0 Å². The lowest BCUT2D eigenvalue weighted by atomic mass is 10.4. The Kier molecular flexibility index (Phi) is 3.62. The first kappa shape index (κ1) is 11.4. The van der Waals surface area contributed by atoms with Gasteiger partial charge in [-0.15, -0.1) is 0 Å². The summed E-state index contributed by atoms with van der Waals surface area (Å²) in [7, 11) is 0. The number of hydrogen-bond donors (Lipinski definition) is 1. The first-order valence-electron chi connectivity index (χ1n) is 4.00. The Bertz CT molecular complexity index is 379. The van der Waals surface area contributed by atoms with Crippen molar-refractivity contribution >= 4 is 23.4 Å². The van der Waals surface area contributed by atoms with Gasteiger partial charge in [-0.05, 0) is 13.0 Å². The summed E-state index contributed by atoms with van der Waals surface area (Å²) >= 11 is 1.04. The summed E-state index contributed by atoms with van der Waals surface area (Å²) in [4.78, 5) is 24.1. The topological polar surface area (TPSA) is 93.3 Å². The summed E-state index contributed by atoms with van der Waals surface area (Å²) < 4.78 is 0. The third-order valence-corrected chi connectivity index (χ3v) is 2.62. The molecule has 0 fully saturated rings. The molecule has 0 aliphatic rings. The molecule has 6 nitrogen and oxygen atoms in total. The van der Waals surface area contributed by atoms with Crippen LogP contribution in [0.2, 0.25) is 0 Å². The zero-order chi connectivity index (χ0) is 11.4. The molecular formula is C8H8N2O4S. The minimum Gasteiger partial charge on any atom is -0.480 e. The molecule has 0 bridgehead atoms. The quantitative estimate of drug-likeness (QED) is 0.477. The van der Waals surface area contributed by atoms with E-state index in [1.54, 1.807) is 0 Å². The van der Waals surface area contributed by atoms with Crippen LogP contribution in [0, 0.1) is 10.1 Å². The van der Waals surface area contributed by atoms with Gasteiger partial charge in [0.15, 0.2) is 0 Å². The molecule has 0 saturated heterocycles. The number of aliphatic carboxylic acids is 1. The van der Waals surface area contributed by atoms with Crippen molar-refractivity contribution in [2.45, 2.75) is 17.2 Å². The summed E-state index contributed by atoms with van der Waals surface area (Å²) in [5.41, 5.74) is -0.109. The molecule has 0 amide bonds. The SMILES string of the molecule is C[C@@H](Sc1ccc([N+](=O)[O-])cn1)C(=O)O. The predicted octanol–water partition coefficient (Wildman–Crippen LogP) is 1.55. The molecule has 1 heterocycles. The monoisotopic (exact) mass is 228 g/mol. The molecule has 1 atom stereocenters. The van der Waals surface area contributed by atoms with Crippen molar-refractivity contribution in [3.63, 3.8) is 0 Å². The number of thioether (sulfide) groups is 1. The van der Waals surface area contributed by atoms with Crippen LogP contribution < -0.4 is 0 Å². The summed E-state index contributed by atoms with van der Waals surface area (Å²) in [5.74, 6) is -0.944. The molecule has 0 spiro atoms. The highest BCUT2D eigenvalue weighted by molar-refractivity contribution is 8.00. The number of carboxylic acids is 1. The second-order valence-corrected chi connectivity index (χ2v) is 4.07. The van der Waals surface area contributed by atoms with Crippen LogP contribution in [0.5, 0.6) is 0 Å². The van der Waals surface area contributed by atoms with Gasteiger partial charge in [0.25, 0.3) is 5.69 Å². The van der Waals surface area contributed by atoms with Gasteiger partial charge in [-0.3, -0.25) is 14.9 Å². The highest BCUT2D eigenvalue weighted by atomic mass is 32.2. The van der Waals surface area contributed by atoms with Gasteiger partial charge in [-0.2, -0.15) is 0 Å². The van der Waals surface area contributed by atoms with Gasteiger partial charge in [0.05, 0.1) is 9.95 Å². The fourth-order valence-electron chi connectivity index (χ4n) is 0.782. The lowest BCUT2D eigenvalue weighted by Gasteiger charge is -2.03. The van der Waals surface area contributed by atoms with Gasteiger partial charge in [0, 0.05) is 6.07 Å². The van der Waals surface area contributed by atoms with Crippen LogP contribution in [-0.4, -0.2) is 26.2 Å². The van der Waals surface area contributed by atoms with E-state index >= 15 is 0 Å². The van der Waals surface area contributed by atoms with Crippen molar-refractivity contribution in [2.24, 2.45) is 0 Å². The fraction of sp³-hybridized carbons (Fsp3) is 0.250. The Morgan fingerprint density at radius 1 is 1.67 bits per heavy atom. The van der Waals surface area contributed by atoms with Crippen molar-refractivity contribution in [3.8, 4) is 0 Å². The number of carboxylic acid groups (broad SMARTS) is 1. The van der Waals surface area contributed by atoms with Crippen molar-refractivity contribution in [1.82, 2.24) is 4.98 Å². The molecule has 15 heavy (non-hydrogen) atoms. The Labute approximate surface area is 89.5 Å². The van der Waals surface area contributed by atoms with E-state index in [4.69, 9.17) is 5.11 Å². The Hall–Kier alpha value is -1.63. The minimum atomic E-state index is -0.944. The van der Waals surface area contributed by atoms with Gasteiger partial charge in [0.1, 0.15) is 11.4 Å². The zero-order valence-electron chi connectivity index (χ0n) is 7.78. The zero-order valence-corrected chi connectivity index (χ0v) is 8.60. The highest BCUT2D eigenvalue weighted by Crippen LogP contribution is 2.22. The largest absolute Gasteiger partial charge is 0.480 e. The minimum absolute atomic E-state index is 0.109. The van der Waals surface area contributed by atoms with Gasteiger partial charge < -0.3 is 5.11 Å². The second kappa shape index (κ2) is 4.74. The van der Waals surface area contributed by atoms with Crippen LogP contribution in [0.25, 0.3) is 0 Å². The number of hydrogen-bond acceptors (Lipinski definition) is 5. The summed E-state index contributed by atoms with van der Waals surface area (Å²) in [6.07, 6.45) is 1.11. The van der Waals surface area contributed by atoms with E-state index in [-0.39, 0.29) is 5.69 Å². The van der Waals surface area contributed by atoms with Crippen molar-refractivity contribution < 1.29 is 14.8 Å². The molecule has 1 aromatic heterocycles. The lowest BCUT2D eigenvalue weighted by molar-refractivity contribution is -0.385. The van der Waals surface area contributed by atoms with Crippen molar-refractivity contribution in [3.05, 3.63) is 28.4 Å². The summed E-state index contributed by atoms with van der Waals surface area (Å²) in [5, 5.41) is 18.8. The van der Waals surface area contributed by atoms with Crippen molar-refractivity contribution in [1.29, 1.82) is 0 Å². The van der Waals surface area contributed by atoms with E-state index in [2.05, 4.69) is 4.98 Å². The maximum Gasteiger partial charge on any atom is 0.316 e. The molecular weight excluding hydrogens is 220 g/mol. The molecule has 0 aliphatic carbocycles. The third kappa shape index (κ3) is 3.21. The van der Waals surface area contributed by atoms with E-state index in [9.17, 15) is 14.9 Å². The number of pyridine rings is 1. The smallest absolute Gasteiger partial charge is 0.316 e. The molecule has 1 N–H and O–H groups in total. The third-order valence-electron chi connectivity index (χ3n) is 1.58. The van der Waals surface area contributed by atoms with E-state index < -0.39 is 16.1 Å². The van der Waals surface area contributed by atoms with Crippen LogP contribution >= 0.6 is 11.8 Å². The highest BCUT2D eigenvalue weighted by Gasteiger charge is 2.14. The van der Waals surface area contributed by atoms with E-state index in [1.165, 1.54) is 19.1 Å². The molecule has 7 heteroatoms. The Morgan fingerprint density at radius 3 is 2.73 bits per heavy atom. The van der Waals surface area contributed by atoms with E-state index in [0.717, 1.165) is 18.0 Å². The van der Waals surface area contributed by atoms with Gasteiger partial charge in [0.2, 0.25) is 0 Å². The predicted molar refractivity (Wildman–Crippen MR) is 53.8 cm³/mol. The first-order valence-corrected chi connectivity index (χ1v) is 4.88. The average Bonchev–Trinajstić information content (AvgIpc) is 2.18. The van der Waals surface area contributed by atoms with Crippen LogP contribution in [0.3, 0.4) is 0 Å². The maximum absolute atomic E-state index is 10.5. The fourth-order valence-corrected chi connectivity index (χ4v) is 1.50. The molecule has 0 saturated carbocycles. The summed E-state index contributed by atoms with van der Waals surface area (Å²) in [6, 6.07) is 2.73. The Balaban J connectivity index is 2.72. The average molecular weight is 228 g/mol. The normalized spacial score (nSPS) is 12.1. The molecule has 0 aliphatic heterocycles. The molecule has 0 radical (unpaired) electrons.